The van der Waals surface area contributed by atoms with E-state index in [9.17, 15) is 4.79 Å². The largest absolute Gasteiger partial charge is 0.493 e. The Morgan fingerprint density at radius 2 is 1.92 bits per heavy atom. The van der Waals surface area contributed by atoms with Crippen LogP contribution < -0.4 is 14.8 Å². The second-order valence-electron chi connectivity index (χ2n) is 6.04. The first-order valence-electron chi connectivity index (χ1n) is 8.42. The van der Waals surface area contributed by atoms with Crippen LogP contribution in [0.1, 0.15) is 30.6 Å². The molecule has 138 valence electrons. The van der Waals surface area contributed by atoms with E-state index in [-0.39, 0.29) is 5.91 Å². The van der Waals surface area contributed by atoms with E-state index in [1.165, 1.54) is 11.3 Å². The van der Waals surface area contributed by atoms with Crippen molar-refractivity contribution in [3.05, 3.63) is 33.7 Å². The summed E-state index contributed by atoms with van der Waals surface area (Å²) in [6.07, 6.45) is 3.53. The number of benzene rings is 1. The molecule has 0 aliphatic heterocycles. The standard InChI is InChI=1S/C19H21ClN2O3S/c1-11-17(12-8-9-15(24-2)16(10-12)25-3)21-19(26-11)22-18(23)13-6-4-5-7-14(13)20/h8-10H,4-7H2,1-3H3,(H,21,22,23). The van der Waals surface area contributed by atoms with Crippen molar-refractivity contribution in [1.82, 2.24) is 4.98 Å². The van der Waals surface area contributed by atoms with Crippen LogP contribution in [-0.4, -0.2) is 25.1 Å². The number of nitrogens with one attached hydrogen (secondary N) is 1. The van der Waals surface area contributed by atoms with Crippen LogP contribution in [0.25, 0.3) is 11.3 Å². The summed E-state index contributed by atoms with van der Waals surface area (Å²) in [5.74, 6) is 1.15. The van der Waals surface area contributed by atoms with Gasteiger partial charge in [-0.15, -0.1) is 11.3 Å². The number of rotatable bonds is 5. The zero-order valence-electron chi connectivity index (χ0n) is 15.0. The quantitative estimate of drug-likeness (QED) is 0.765. The SMILES string of the molecule is COc1ccc(-c2nc(NC(=O)C3=C(Cl)CCCC3)sc2C)cc1OC. The topological polar surface area (TPSA) is 60.5 Å². The number of ether oxygens (including phenoxy) is 2. The number of carbonyl (C=O) groups is 1. The fraction of sp³-hybridized carbons (Fsp3) is 0.368. The van der Waals surface area contributed by atoms with E-state index in [4.69, 9.17) is 21.1 Å². The molecule has 0 fully saturated rings. The second-order valence-corrected chi connectivity index (χ2v) is 7.70. The fourth-order valence-electron chi connectivity index (χ4n) is 2.98. The molecule has 1 heterocycles. The first kappa shape index (κ1) is 18.7. The average molecular weight is 393 g/mol. The first-order valence-corrected chi connectivity index (χ1v) is 9.61. The molecule has 1 aliphatic carbocycles. The average Bonchev–Trinajstić information content (AvgIpc) is 3.01. The predicted octanol–water partition coefficient (Wildman–Crippen LogP) is 5.14. The summed E-state index contributed by atoms with van der Waals surface area (Å²) in [5, 5.41) is 4.13. The summed E-state index contributed by atoms with van der Waals surface area (Å²) in [6, 6.07) is 5.65. The van der Waals surface area contributed by atoms with Gasteiger partial charge in [-0.1, -0.05) is 11.6 Å². The van der Waals surface area contributed by atoms with Crippen molar-refractivity contribution in [2.75, 3.05) is 19.5 Å². The predicted molar refractivity (Wildman–Crippen MR) is 105 cm³/mol. The van der Waals surface area contributed by atoms with Gasteiger partial charge < -0.3 is 9.47 Å². The van der Waals surface area contributed by atoms with Crippen LogP contribution in [0.2, 0.25) is 0 Å². The summed E-state index contributed by atoms with van der Waals surface area (Å²) in [5.41, 5.74) is 2.40. The van der Waals surface area contributed by atoms with E-state index < -0.39 is 0 Å². The minimum absolute atomic E-state index is 0.151. The highest BCUT2D eigenvalue weighted by Gasteiger charge is 2.20. The molecule has 0 unspecified atom stereocenters. The number of aryl methyl sites for hydroxylation is 1. The number of allylic oxidation sites excluding steroid dienone is 1. The molecular weight excluding hydrogens is 372 g/mol. The maximum atomic E-state index is 12.5. The monoisotopic (exact) mass is 392 g/mol. The number of nitrogens with zero attached hydrogens (tertiary/aromatic N) is 1. The van der Waals surface area contributed by atoms with Crippen LogP contribution in [0.3, 0.4) is 0 Å². The van der Waals surface area contributed by atoms with E-state index in [1.54, 1.807) is 14.2 Å². The molecule has 1 aromatic heterocycles. The van der Waals surface area contributed by atoms with Crippen LogP contribution in [0.4, 0.5) is 5.13 Å². The van der Waals surface area contributed by atoms with Crippen LogP contribution >= 0.6 is 22.9 Å². The zero-order valence-corrected chi connectivity index (χ0v) is 16.6. The first-order chi connectivity index (χ1) is 12.5. The van der Waals surface area contributed by atoms with Gasteiger partial charge >= 0.3 is 0 Å². The number of anilines is 1. The van der Waals surface area contributed by atoms with Crippen LogP contribution in [0.5, 0.6) is 11.5 Å². The Morgan fingerprint density at radius 1 is 1.19 bits per heavy atom. The normalized spacial score (nSPS) is 14.3. The Hall–Kier alpha value is -2.05. The summed E-state index contributed by atoms with van der Waals surface area (Å²) in [4.78, 5) is 18.1. The lowest BCUT2D eigenvalue weighted by Gasteiger charge is -2.14. The highest BCUT2D eigenvalue weighted by atomic mass is 35.5. The third kappa shape index (κ3) is 3.86. The fourth-order valence-corrected chi connectivity index (χ4v) is 4.12. The van der Waals surface area contributed by atoms with E-state index in [0.717, 1.165) is 41.8 Å². The van der Waals surface area contributed by atoms with Crippen LogP contribution in [0, 0.1) is 6.92 Å². The lowest BCUT2D eigenvalue weighted by Crippen LogP contribution is -2.17. The van der Waals surface area contributed by atoms with Gasteiger partial charge in [-0.3, -0.25) is 10.1 Å². The van der Waals surface area contributed by atoms with Gasteiger partial charge in [0.1, 0.15) is 0 Å². The van der Waals surface area contributed by atoms with Gasteiger partial charge in [-0.25, -0.2) is 4.98 Å². The Labute approximate surface area is 162 Å². The Bertz CT molecular complexity index is 860. The summed E-state index contributed by atoms with van der Waals surface area (Å²) in [7, 11) is 3.20. The van der Waals surface area contributed by atoms with Crippen molar-refractivity contribution in [3.63, 3.8) is 0 Å². The van der Waals surface area contributed by atoms with Crippen molar-refractivity contribution in [2.45, 2.75) is 32.6 Å². The van der Waals surface area contributed by atoms with Gasteiger partial charge in [0, 0.05) is 21.0 Å². The number of thiazole rings is 1. The minimum Gasteiger partial charge on any atom is -0.493 e. The number of amides is 1. The molecule has 1 N–H and O–H groups in total. The molecule has 5 nitrogen and oxygen atoms in total. The van der Waals surface area contributed by atoms with Crippen molar-refractivity contribution < 1.29 is 14.3 Å². The Kier molecular flexibility index (Phi) is 5.84. The molecule has 0 saturated heterocycles. The highest BCUT2D eigenvalue weighted by molar-refractivity contribution is 7.16. The van der Waals surface area contributed by atoms with E-state index in [1.807, 2.05) is 25.1 Å². The van der Waals surface area contributed by atoms with E-state index in [0.29, 0.717) is 27.2 Å². The molecule has 3 rings (SSSR count). The van der Waals surface area contributed by atoms with Crippen molar-refractivity contribution in [3.8, 4) is 22.8 Å². The third-order valence-corrected chi connectivity index (χ3v) is 5.65. The molecule has 0 bridgehead atoms. The number of hydrogen-bond donors (Lipinski definition) is 1. The van der Waals surface area contributed by atoms with Gasteiger partial charge in [-0.05, 0) is 50.8 Å². The van der Waals surface area contributed by atoms with Crippen molar-refractivity contribution >= 4 is 34.0 Å². The van der Waals surface area contributed by atoms with Crippen molar-refractivity contribution in [1.29, 1.82) is 0 Å². The Morgan fingerprint density at radius 3 is 2.62 bits per heavy atom. The molecule has 1 amide bonds. The van der Waals surface area contributed by atoms with Crippen LogP contribution in [0.15, 0.2) is 28.8 Å². The van der Waals surface area contributed by atoms with E-state index >= 15 is 0 Å². The number of carbonyl (C=O) groups excluding carboxylic acids is 1. The molecule has 2 aromatic rings. The van der Waals surface area contributed by atoms with Gasteiger partial charge in [0.25, 0.3) is 5.91 Å². The summed E-state index contributed by atoms with van der Waals surface area (Å²) < 4.78 is 10.6. The number of halogens is 1. The number of hydrogen-bond acceptors (Lipinski definition) is 5. The van der Waals surface area contributed by atoms with Gasteiger partial charge in [0.15, 0.2) is 16.6 Å². The lowest BCUT2D eigenvalue weighted by atomic mass is 9.99. The molecule has 7 heteroatoms. The molecule has 0 spiro atoms. The van der Waals surface area contributed by atoms with Gasteiger partial charge in [0.05, 0.1) is 19.9 Å². The summed E-state index contributed by atoms with van der Waals surface area (Å²) >= 11 is 7.66. The maximum Gasteiger partial charge on any atom is 0.254 e. The molecular formula is C19H21ClN2O3S. The molecule has 0 saturated carbocycles. The van der Waals surface area contributed by atoms with Gasteiger partial charge in [0.2, 0.25) is 0 Å². The maximum absolute atomic E-state index is 12.5. The number of aromatic nitrogens is 1. The molecule has 1 aromatic carbocycles. The Balaban J connectivity index is 1.84. The molecule has 1 aliphatic rings. The van der Waals surface area contributed by atoms with E-state index in [2.05, 4.69) is 10.3 Å². The molecule has 0 atom stereocenters. The highest BCUT2D eigenvalue weighted by Crippen LogP contribution is 2.36. The third-order valence-electron chi connectivity index (χ3n) is 4.35. The zero-order chi connectivity index (χ0) is 18.7. The molecule has 26 heavy (non-hydrogen) atoms. The van der Waals surface area contributed by atoms with Gasteiger partial charge in [-0.2, -0.15) is 0 Å². The second kappa shape index (κ2) is 8.10. The van der Waals surface area contributed by atoms with Crippen LogP contribution in [-0.2, 0) is 4.79 Å². The molecule has 0 radical (unpaired) electrons. The minimum atomic E-state index is -0.151. The smallest absolute Gasteiger partial charge is 0.254 e. The lowest BCUT2D eigenvalue weighted by molar-refractivity contribution is -0.113. The summed E-state index contributed by atoms with van der Waals surface area (Å²) in [6.45, 7) is 1.98. The van der Waals surface area contributed by atoms with Crippen molar-refractivity contribution in [2.24, 2.45) is 0 Å². The number of methoxy groups -OCH3 is 2.